The van der Waals surface area contributed by atoms with Crippen molar-refractivity contribution in [2.24, 2.45) is 0 Å². The van der Waals surface area contributed by atoms with E-state index in [1.807, 2.05) is 12.1 Å². The number of hydrogen-bond donors (Lipinski definition) is 1. The summed E-state index contributed by atoms with van der Waals surface area (Å²) in [6.45, 7) is 5.63. The Morgan fingerprint density at radius 1 is 0.912 bits per heavy atom. The van der Waals surface area contributed by atoms with E-state index in [1.165, 1.54) is 22.0 Å². The number of sulfonamides is 1. The topological polar surface area (TPSA) is 79.0 Å². The van der Waals surface area contributed by atoms with Gasteiger partial charge in [-0.25, -0.2) is 8.42 Å². The van der Waals surface area contributed by atoms with Crippen molar-refractivity contribution >= 4 is 27.5 Å². The standard InChI is InChI=1S/C25H32ClN3O4S/c26-23-10-9-22(17-24(23)34(31,32)29-11-3-1-2-4-12-29)25(30)27-18-20-5-7-21(8-6-20)19-28-13-15-33-16-14-28/h5-10,17H,1-4,11-16,18-19H2,(H,27,30). The Morgan fingerprint density at radius 3 is 2.24 bits per heavy atom. The normalized spacial score (nSPS) is 18.4. The Kier molecular flexibility index (Phi) is 8.60. The number of rotatable bonds is 7. The van der Waals surface area contributed by atoms with Gasteiger partial charge in [0.1, 0.15) is 4.90 Å². The zero-order valence-corrected chi connectivity index (χ0v) is 20.9. The third kappa shape index (κ3) is 6.37. The molecule has 0 aromatic heterocycles. The van der Waals surface area contributed by atoms with Crippen LogP contribution in [0.15, 0.2) is 47.4 Å². The number of amides is 1. The molecule has 0 atom stereocenters. The lowest BCUT2D eigenvalue weighted by Gasteiger charge is -2.26. The van der Waals surface area contributed by atoms with Crippen molar-refractivity contribution in [3.05, 3.63) is 64.2 Å². The second-order valence-electron chi connectivity index (χ2n) is 8.85. The molecule has 0 aliphatic carbocycles. The Labute approximate surface area is 207 Å². The first-order chi connectivity index (χ1) is 16.4. The SMILES string of the molecule is O=C(NCc1ccc(CN2CCOCC2)cc1)c1ccc(Cl)c(S(=O)(=O)N2CCCCCC2)c1. The summed E-state index contributed by atoms with van der Waals surface area (Å²) in [5.74, 6) is -0.332. The van der Waals surface area contributed by atoms with Crippen LogP contribution in [-0.4, -0.2) is 62.9 Å². The van der Waals surface area contributed by atoms with Crippen molar-refractivity contribution in [2.75, 3.05) is 39.4 Å². The van der Waals surface area contributed by atoms with E-state index in [0.29, 0.717) is 19.6 Å². The number of carbonyl (C=O) groups excluding carboxylic acids is 1. The Balaban J connectivity index is 1.38. The first-order valence-electron chi connectivity index (χ1n) is 11.9. The van der Waals surface area contributed by atoms with Crippen LogP contribution in [0.2, 0.25) is 5.02 Å². The lowest BCUT2D eigenvalue weighted by Crippen LogP contribution is -2.35. The van der Waals surface area contributed by atoms with Crippen LogP contribution in [0.25, 0.3) is 0 Å². The molecule has 2 aromatic rings. The zero-order valence-electron chi connectivity index (χ0n) is 19.3. The third-order valence-electron chi connectivity index (χ3n) is 6.36. The van der Waals surface area contributed by atoms with Crippen molar-refractivity contribution in [2.45, 2.75) is 43.7 Å². The smallest absolute Gasteiger partial charge is 0.251 e. The fraction of sp³-hybridized carbons (Fsp3) is 0.480. The maximum Gasteiger partial charge on any atom is 0.251 e. The van der Waals surface area contributed by atoms with Gasteiger partial charge in [-0.15, -0.1) is 0 Å². The van der Waals surface area contributed by atoms with Gasteiger partial charge in [0, 0.05) is 44.8 Å². The first-order valence-corrected chi connectivity index (χ1v) is 13.7. The monoisotopic (exact) mass is 505 g/mol. The van der Waals surface area contributed by atoms with Crippen LogP contribution in [0.4, 0.5) is 0 Å². The summed E-state index contributed by atoms with van der Waals surface area (Å²) in [6, 6.07) is 12.6. The van der Waals surface area contributed by atoms with E-state index < -0.39 is 10.0 Å². The zero-order chi connectivity index (χ0) is 24.0. The van der Waals surface area contributed by atoms with Gasteiger partial charge in [0.15, 0.2) is 0 Å². The van der Waals surface area contributed by atoms with Gasteiger partial charge in [-0.05, 0) is 42.2 Å². The average molecular weight is 506 g/mol. The van der Waals surface area contributed by atoms with E-state index in [9.17, 15) is 13.2 Å². The highest BCUT2D eigenvalue weighted by Crippen LogP contribution is 2.27. The van der Waals surface area contributed by atoms with E-state index in [2.05, 4.69) is 22.3 Å². The molecule has 0 unspecified atom stereocenters. The predicted molar refractivity (Wildman–Crippen MR) is 132 cm³/mol. The van der Waals surface area contributed by atoms with Crippen LogP contribution >= 0.6 is 11.6 Å². The number of hydrogen-bond acceptors (Lipinski definition) is 5. The molecule has 2 heterocycles. The van der Waals surface area contributed by atoms with Crippen LogP contribution < -0.4 is 5.32 Å². The summed E-state index contributed by atoms with van der Waals surface area (Å²) in [7, 11) is -3.75. The molecule has 0 bridgehead atoms. The molecule has 7 nitrogen and oxygen atoms in total. The largest absolute Gasteiger partial charge is 0.379 e. The van der Waals surface area contributed by atoms with Gasteiger partial charge in [0.2, 0.25) is 10.0 Å². The van der Waals surface area contributed by atoms with Crippen LogP contribution in [0.5, 0.6) is 0 Å². The van der Waals surface area contributed by atoms with Crippen molar-refractivity contribution < 1.29 is 17.9 Å². The van der Waals surface area contributed by atoms with E-state index in [0.717, 1.165) is 64.1 Å². The van der Waals surface area contributed by atoms with Crippen LogP contribution in [0.1, 0.15) is 47.2 Å². The molecule has 1 N–H and O–H groups in total. The number of morpholine rings is 1. The van der Waals surface area contributed by atoms with Crippen molar-refractivity contribution in [3.8, 4) is 0 Å². The number of halogens is 1. The maximum atomic E-state index is 13.2. The van der Waals surface area contributed by atoms with E-state index in [-0.39, 0.29) is 21.4 Å². The molecule has 2 fully saturated rings. The highest BCUT2D eigenvalue weighted by Gasteiger charge is 2.28. The molecule has 9 heteroatoms. The van der Waals surface area contributed by atoms with Gasteiger partial charge < -0.3 is 10.1 Å². The number of benzene rings is 2. The van der Waals surface area contributed by atoms with E-state index in [4.69, 9.17) is 16.3 Å². The molecular formula is C25H32ClN3O4S. The summed E-state index contributed by atoms with van der Waals surface area (Å²) < 4.78 is 33.3. The Hall–Kier alpha value is -1.97. The molecule has 2 aromatic carbocycles. The summed E-state index contributed by atoms with van der Waals surface area (Å²) in [5.41, 5.74) is 2.48. The first kappa shape index (κ1) is 25.1. The van der Waals surface area contributed by atoms with E-state index in [1.54, 1.807) is 6.07 Å². The summed E-state index contributed by atoms with van der Waals surface area (Å²) >= 11 is 6.26. The molecule has 184 valence electrons. The van der Waals surface area contributed by atoms with Gasteiger partial charge in [-0.1, -0.05) is 48.7 Å². The molecule has 34 heavy (non-hydrogen) atoms. The van der Waals surface area contributed by atoms with Crippen molar-refractivity contribution in [1.29, 1.82) is 0 Å². The lowest BCUT2D eigenvalue weighted by molar-refractivity contribution is 0.0342. The predicted octanol–water partition coefficient (Wildman–Crippen LogP) is 3.67. The number of nitrogens with zero attached hydrogens (tertiary/aromatic N) is 2. The number of ether oxygens (including phenoxy) is 1. The highest BCUT2D eigenvalue weighted by molar-refractivity contribution is 7.89. The minimum absolute atomic E-state index is 0.00353. The quantitative estimate of drug-likeness (QED) is 0.621. The van der Waals surface area contributed by atoms with Crippen molar-refractivity contribution in [3.63, 3.8) is 0 Å². The molecular weight excluding hydrogens is 474 g/mol. The van der Waals surface area contributed by atoms with E-state index >= 15 is 0 Å². The molecule has 2 saturated heterocycles. The Morgan fingerprint density at radius 2 is 1.56 bits per heavy atom. The van der Waals surface area contributed by atoms with Gasteiger partial charge in [-0.2, -0.15) is 4.31 Å². The number of nitrogens with one attached hydrogen (secondary N) is 1. The maximum absolute atomic E-state index is 13.2. The molecule has 2 aliphatic rings. The Bertz CT molecular complexity index is 1080. The summed E-state index contributed by atoms with van der Waals surface area (Å²) in [6.07, 6.45) is 3.72. The second-order valence-corrected chi connectivity index (χ2v) is 11.2. The molecule has 4 rings (SSSR count). The number of carbonyl (C=O) groups is 1. The van der Waals surface area contributed by atoms with Gasteiger partial charge in [0.25, 0.3) is 5.91 Å². The molecule has 0 spiro atoms. The molecule has 0 saturated carbocycles. The van der Waals surface area contributed by atoms with Crippen LogP contribution in [0, 0.1) is 0 Å². The average Bonchev–Trinajstić information content (AvgIpc) is 3.15. The van der Waals surface area contributed by atoms with Crippen LogP contribution in [-0.2, 0) is 27.8 Å². The minimum atomic E-state index is -3.75. The summed E-state index contributed by atoms with van der Waals surface area (Å²) in [5, 5.41) is 3.02. The van der Waals surface area contributed by atoms with Crippen LogP contribution in [0.3, 0.4) is 0 Å². The second kappa shape index (κ2) is 11.6. The van der Waals surface area contributed by atoms with Gasteiger partial charge >= 0.3 is 0 Å². The van der Waals surface area contributed by atoms with Gasteiger partial charge in [0.05, 0.1) is 18.2 Å². The van der Waals surface area contributed by atoms with Crippen molar-refractivity contribution in [1.82, 2.24) is 14.5 Å². The molecule has 2 aliphatic heterocycles. The molecule has 1 amide bonds. The third-order valence-corrected chi connectivity index (χ3v) is 8.74. The highest BCUT2D eigenvalue weighted by atomic mass is 35.5. The van der Waals surface area contributed by atoms with Gasteiger partial charge in [-0.3, -0.25) is 9.69 Å². The molecule has 0 radical (unpaired) electrons. The summed E-state index contributed by atoms with van der Waals surface area (Å²) in [4.78, 5) is 15.1. The minimum Gasteiger partial charge on any atom is -0.379 e. The fourth-order valence-corrected chi connectivity index (χ4v) is 6.35. The lowest BCUT2D eigenvalue weighted by atomic mass is 10.1. The fourth-order valence-electron chi connectivity index (χ4n) is 4.33.